The molecule has 0 radical (unpaired) electrons. The second kappa shape index (κ2) is 6.06. The molecule has 2 aliphatic heterocycles. The van der Waals surface area contributed by atoms with Gasteiger partial charge in [0.1, 0.15) is 0 Å². The zero-order chi connectivity index (χ0) is 14.0. The first-order valence-electron chi connectivity index (χ1n) is 7.29. The minimum absolute atomic E-state index is 0.0229. The number of aliphatic hydroxyl groups excluding tert-OH is 1. The molecule has 1 aromatic carbocycles. The maximum atomic E-state index is 9.65. The molecule has 0 amide bonds. The summed E-state index contributed by atoms with van der Waals surface area (Å²) in [5.41, 5.74) is 2.68. The molecule has 1 unspecified atom stereocenters. The van der Waals surface area contributed by atoms with Crippen LogP contribution in [0.2, 0.25) is 0 Å². The van der Waals surface area contributed by atoms with Gasteiger partial charge in [-0.1, -0.05) is 29.8 Å². The molecule has 2 heterocycles. The molecule has 20 heavy (non-hydrogen) atoms. The molecule has 1 aromatic rings. The van der Waals surface area contributed by atoms with Gasteiger partial charge in [-0.3, -0.25) is 4.90 Å². The molecular weight excluding hydrogens is 270 g/mol. The van der Waals surface area contributed by atoms with Crippen molar-refractivity contribution in [2.24, 2.45) is 5.41 Å². The highest BCUT2D eigenvalue weighted by molar-refractivity contribution is 7.99. The topological polar surface area (TPSA) is 32.7 Å². The van der Waals surface area contributed by atoms with Gasteiger partial charge in [-0.2, -0.15) is 11.8 Å². The van der Waals surface area contributed by atoms with Gasteiger partial charge in [0.2, 0.25) is 0 Å². The predicted octanol–water partition coefficient (Wildman–Crippen LogP) is 2.09. The Hall–Kier alpha value is -0.550. The van der Waals surface area contributed by atoms with Crippen LogP contribution in [-0.2, 0) is 4.74 Å². The van der Waals surface area contributed by atoms with Crippen molar-refractivity contribution in [1.29, 1.82) is 0 Å². The number of ether oxygens (including phenoxy) is 1. The summed E-state index contributed by atoms with van der Waals surface area (Å²) in [5, 5.41) is 9.65. The second-order valence-electron chi connectivity index (χ2n) is 6.12. The number of thioether (sulfide) groups is 1. The fourth-order valence-electron chi connectivity index (χ4n) is 2.98. The maximum absolute atomic E-state index is 9.65. The third-order valence-corrected chi connectivity index (χ3v) is 5.41. The highest BCUT2D eigenvalue weighted by atomic mass is 32.2. The van der Waals surface area contributed by atoms with Gasteiger partial charge in [-0.05, 0) is 12.5 Å². The molecule has 0 aromatic heterocycles. The standard InChI is InChI=1S/C16H23NO2S/c1-13-2-4-14(5-3-13)15-8-20-7-6-17(15)9-16(10-18)11-19-12-16/h2-5,15,18H,6-12H2,1H3. The van der Waals surface area contributed by atoms with Gasteiger partial charge in [-0.15, -0.1) is 0 Å². The summed E-state index contributed by atoms with van der Waals surface area (Å²) in [4.78, 5) is 2.54. The number of rotatable bonds is 4. The van der Waals surface area contributed by atoms with Crippen molar-refractivity contribution in [2.75, 3.05) is 44.4 Å². The minimum atomic E-state index is -0.0229. The van der Waals surface area contributed by atoms with Crippen molar-refractivity contribution in [3.8, 4) is 0 Å². The molecule has 3 rings (SSSR count). The first kappa shape index (κ1) is 14.4. The molecule has 4 heteroatoms. The highest BCUT2D eigenvalue weighted by Gasteiger charge is 2.41. The Balaban J connectivity index is 1.75. The van der Waals surface area contributed by atoms with E-state index in [4.69, 9.17) is 4.74 Å². The van der Waals surface area contributed by atoms with E-state index >= 15 is 0 Å². The average Bonchev–Trinajstić information content (AvgIpc) is 2.44. The lowest BCUT2D eigenvalue weighted by molar-refractivity contribution is -0.151. The van der Waals surface area contributed by atoms with E-state index in [0.29, 0.717) is 19.3 Å². The maximum Gasteiger partial charge on any atom is 0.0579 e. The predicted molar refractivity (Wildman–Crippen MR) is 83.2 cm³/mol. The van der Waals surface area contributed by atoms with Gasteiger partial charge in [-0.25, -0.2) is 0 Å². The van der Waals surface area contributed by atoms with Crippen LogP contribution in [0.1, 0.15) is 17.2 Å². The van der Waals surface area contributed by atoms with Crippen LogP contribution >= 0.6 is 11.8 Å². The van der Waals surface area contributed by atoms with E-state index in [1.165, 1.54) is 16.9 Å². The molecule has 110 valence electrons. The summed E-state index contributed by atoms with van der Waals surface area (Å²) in [6, 6.07) is 9.37. The first-order valence-corrected chi connectivity index (χ1v) is 8.45. The van der Waals surface area contributed by atoms with E-state index < -0.39 is 0 Å². The molecule has 0 saturated carbocycles. The molecule has 3 nitrogen and oxygen atoms in total. The lowest BCUT2D eigenvalue weighted by Gasteiger charge is -2.46. The Morgan fingerprint density at radius 1 is 1.35 bits per heavy atom. The van der Waals surface area contributed by atoms with Crippen LogP contribution in [-0.4, -0.2) is 54.4 Å². The molecule has 0 aliphatic carbocycles. The third kappa shape index (κ3) is 2.89. The third-order valence-electron chi connectivity index (χ3n) is 4.39. The average molecular weight is 293 g/mol. The molecular formula is C16H23NO2S. The normalized spacial score (nSPS) is 26.2. The molecule has 2 aliphatic rings. The van der Waals surface area contributed by atoms with E-state index in [1.807, 2.05) is 11.8 Å². The Morgan fingerprint density at radius 2 is 2.10 bits per heavy atom. The smallest absolute Gasteiger partial charge is 0.0579 e. The van der Waals surface area contributed by atoms with Gasteiger partial charge in [0, 0.05) is 30.6 Å². The van der Waals surface area contributed by atoms with Crippen LogP contribution in [0.3, 0.4) is 0 Å². The van der Waals surface area contributed by atoms with Crippen molar-refractivity contribution in [1.82, 2.24) is 4.90 Å². The van der Waals surface area contributed by atoms with Crippen LogP contribution in [0, 0.1) is 12.3 Å². The molecule has 1 atom stereocenters. The van der Waals surface area contributed by atoms with Crippen molar-refractivity contribution in [3.63, 3.8) is 0 Å². The fraction of sp³-hybridized carbons (Fsp3) is 0.625. The lowest BCUT2D eigenvalue weighted by atomic mass is 9.85. The lowest BCUT2D eigenvalue weighted by Crippen LogP contribution is -2.55. The van der Waals surface area contributed by atoms with E-state index in [1.54, 1.807) is 0 Å². The minimum Gasteiger partial charge on any atom is -0.396 e. The van der Waals surface area contributed by atoms with Gasteiger partial charge in [0.15, 0.2) is 0 Å². The summed E-state index contributed by atoms with van der Waals surface area (Å²) in [7, 11) is 0. The quantitative estimate of drug-likeness (QED) is 0.921. The Labute approximate surface area is 125 Å². The Morgan fingerprint density at radius 3 is 2.70 bits per heavy atom. The van der Waals surface area contributed by atoms with Crippen LogP contribution < -0.4 is 0 Å². The Kier molecular flexibility index (Phi) is 4.36. The number of hydrogen-bond acceptors (Lipinski definition) is 4. The first-order chi connectivity index (χ1) is 9.72. The molecule has 0 bridgehead atoms. The summed E-state index contributed by atoms with van der Waals surface area (Å²) in [5.74, 6) is 2.33. The summed E-state index contributed by atoms with van der Waals surface area (Å²) in [6.45, 7) is 5.82. The van der Waals surface area contributed by atoms with E-state index in [2.05, 4.69) is 36.1 Å². The largest absolute Gasteiger partial charge is 0.396 e. The monoisotopic (exact) mass is 293 g/mol. The highest BCUT2D eigenvalue weighted by Crippen LogP contribution is 2.35. The number of aryl methyl sites for hydroxylation is 1. The fourth-order valence-corrected chi connectivity index (χ4v) is 4.13. The van der Waals surface area contributed by atoms with Gasteiger partial charge < -0.3 is 9.84 Å². The second-order valence-corrected chi connectivity index (χ2v) is 7.27. The summed E-state index contributed by atoms with van der Waals surface area (Å²) < 4.78 is 5.34. The van der Waals surface area contributed by atoms with Crippen molar-refractivity contribution < 1.29 is 9.84 Å². The van der Waals surface area contributed by atoms with Crippen LogP contribution in [0.15, 0.2) is 24.3 Å². The van der Waals surface area contributed by atoms with Gasteiger partial charge >= 0.3 is 0 Å². The van der Waals surface area contributed by atoms with Crippen molar-refractivity contribution >= 4 is 11.8 Å². The Bertz CT molecular complexity index is 439. The van der Waals surface area contributed by atoms with Gasteiger partial charge in [0.25, 0.3) is 0 Å². The van der Waals surface area contributed by atoms with Crippen LogP contribution in [0.4, 0.5) is 0 Å². The van der Waals surface area contributed by atoms with Crippen molar-refractivity contribution in [2.45, 2.75) is 13.0 Å². The van der Waals surface area contributed by atoms with E-state index in [-0.39, 0.29) is 12.0 Å². The summed E-state index contributed by atoms with van der Waals surface area (Å²) >= 11 is 2.03. The summed E-state index contributed by atoms with van der Waals surface area (Å²) in [6.07, 6.45) is 0. The number of nitrogens with zero attached hydrogens (tertiary/aromatic N) is 1. The molecule has 1 N–H and O–H groups in total. The zero-order valence-electron chi connectivity index (χ0n) is 12.0. The van der Waals surface area contributed by atoms with E-state index in [9.17, 15) is 5.11 Å². The molecule has 0 spiro atoms. The molecule has 2 fully saturated rings. The zero-order valence-corrected chi connectivity index (χ0v) is 12.9. The number of benzene rings is 1. The van der Waals surface area contributed by atoms with E-state index in [0.717, 1.165) is 18.8 Å². The SMILES string of the molecule is Cc1ccc(C2CSCCN2CC2(CO)COC2)cc1. The van der Waals surface area contributed by atoms with Crippen molar-refractivity contribution in [3.05, 3.63) is 35.4 Å². The van der Waals surface area contributed by atoms with Crippen LogP contribution in [0.5, 0.6) is 0 Å². The van der Waals surface area contributed by atoms with Gasteiger partial charge in [0.05, 0.1) is 25.2 Å². The van der Waals surface area contributed by atoms with Crippen LogP contribution in [0.25, 0.3) is 0 Å². The number of aliphatic hydroxyl groups is 1. The number of hydrogen-bond donors (Lipinski definition) is 1. The molecule has 2 saturated heterocycles.